The normalized spacial score (nSPS) is 14.5. The van der Waals surface area contributed by atoms with Crippen molar-refractivity contribution < 1.29 is 23.2 Å². The third-order valence-electron chi connectivity index (χ3n) is 5.48. The number of aromatic nitrogens is 1. The van der Waals surface area contributed by atoms with Crippen molar-refractivity contribution in [2.24, 2.45) is 0 Å². The maximum absolute atomic E-state index is 13.3. The molecule has 0 saturated carbocycles. The standard InChI is InChI=1S/C24H25FN2O4/c1-16(28)18-4-7-21(23(14-18)29-2)30-13-3-10-27-11-8-17(9-12-27)24-20-6-5-19(25)15-22(20)31-26-24/h4-8,14-15H,3,9-13H2,1-2H3. The van der Waals surface area contributed by atoms with Gasteiger partial charge in [0, 0.05) is 36.7 Å². The van der Waals surface area contributed by atoms with Gasteiger partial charge in [-0.25, -0.2) is 4.39 Å². The number of rotatable bonds is 8. The summed E-state index contributed by atoms with van der Waals surface area (Å²) in [5.41, 5.74) is 3.01. The van der Waals surface area contributed by atoms with Crippen LogP contribution in [0.2, 0.25) is 0 Å². The summed E-state index contributed by atoms with van der Waals surface area (Å²) in [4.78, 5) is 13.9. The van der Waals surface area contributed by atoms with Crippen LogP contribution in [0.5, 0.6) is 11.5 Å². The van der Waals surface area contributed by atoms with E-state index in [4.69, 9.17) is 14.0 Å². The van der Waals surface area contributed by atoms with Crippen LogP contribution < -0.4 is 9.47 Å². The van der Waals surface area contributed by atoms with Crippen LogP contribution in [0.25, 0.3) is 16.5 Å². The second-order valence-corrected chi connectivity index (χ2v) is 7.58. The first-order chi connectivity index (χ1) is 15.0. The van der Waals surface area contributed by atoms with Gasteiger partial charge < -0.3 is 14.0 Å². The number of methoxy groups -OCH3 is 1. The minimum absolute atomic E-state index is 0.00634. The number of fused-ring (bicyclic) bond motifs is 1. The van der Waals surface area contributed by atoms with Crippen LogP contribution in [0.4, 0.5) is 4.39 Å². The summed E-state index contributed by atoms with van der Waals surface area (Å²) in [6, 6.07) is 9.75. The predicted molar refractivity (Wildman–Crippen MR) is 116 cm³/mol. The summed E-state index contributed by atoms with van der Waals surface area (Å²) < 4.78 is 29.8. The van der Waals surface area contributed by atoms with Crippen molar-refractivity contribution in [2.45, 2.75) is 19.8 Å². The van der Waals surface area contributed by atoms with Gasteiger partial charge in [0.15, 0.2) is 22.9 Å². The molecule has 0 aliphatic carbocycles. The molecule has 0 spiro atoms. The second kappa shape index (κ2) is 9.31. The zero-order valence-corrected chi connectivity index (χ0v) is 17.7. The van der Waals surface area contributed by atoms with E-state index >= 15 is 0 Å². The molecule has 3 aromatic rings. The Labute approximate surface area is 180 Å². The third-order valence-corrected chi connectivity index (χ3v) is 5.48. The van der Waals surface area contributed by atoms with E-state index in [1.54, 1.807) is 31.4 Å². The smallest absolute Gasteiger partial charge is 0.170 e. The summed E-state index contributed by atoms with van der Waals surface area (Å²) in [5.74, 6) is 0.877. The Hall–Kier alpha value is -3.19. The Kier molecular flexibility index (Phi) is 6.32. The number of hydrogen-bond acceptors (Lipinski definition) is 6. The molecule has 7 heteroatoms. The van der Waals surface area contributed by atoms with E-state index < -0.39 is 0 Å². The van der Waals surface area contributed by atoms with Gasteiger partial charge in [-0.05, 0) is 55.7 Å². The van der Waals surface area contributed by atoms with Gasteiger partial charge >= 0.3 is 0 Å². The summed E-state index contributed by atoms with van der Waals surface area (Å²) >= 11 is 0. The molecular formula is C24H25FN2O4. The Morgan fingerprint density at radius 2 is 2.10 bits per heavy atom. The number of hydrogen-bond donors (Lipinski definition) is 0. The first-order valence-corrected chi connectivity index (χ1v) is 10.3. The van der Waals surface area contributed by atoms with Crippen molar-refractivity contribution >= 4 is 22.3 Å². The van der Waals surface area contributed by atoms with Gasteiger partial charge in [0.1, 0.15) is 11.5 Å². The fraction of sp³-hybridized carbons (Fsp3) is 0.333. The van der Waals surface area contributed by atoms with Gasteiger partial charge in [0.05, 0.1) is 13.7 Å². The fourth-order valence-corrected chi connectivity index (χ4v) is 3.75. The lowest BCUT2D eigenvalue weighted by Gasteiger charge is -2.25. The number of ketones is 1. The highest BCUT2D eigenvalue weighted by atomic mass is 19.1. The molecule has 162 valence electrons. The van der Waals surface area contributed by atoms with E-state index in [9.17, 15) is 9.18 Å². The zero-order valence-electron chi connectivity index (χ0n) is 17.7. The molecule has 1 aliphatic rings. The molecule has 0 atom stereocenters. The molecule has 1 aliphatic heterocycles. The molecule has 0 unspecified atom stereocenters. The minimum Gasteiger partial charge on any atom is -0.493 e. The monoisotopic (exact) mass is 424 g/mol. The average molecular weight is 424 g/mol. The van der Waals surface area contributed by atoms with Crippen LogP contribution in [-0.2, 0) is 0 Å². The SMILES string of the molecule is COc1cc(C(C)=O)ccc1OCCCN1CC=C(c2noc3cc(F)ccc23)CC1. The highest BCUT2D eigenvalue weighted by Gasteiger charge is 2.18. The molecule has 6 nitrogen and oxygen atoms in total. The summed E-state index contributed by atoms with van der Waals surface area (Å²) in [6.07, 6.45) is 3.89. The zero-order chi connectivity index (χ0) is 21.8. The maximum Gasteiger partial charge on any atom is 0.170 e. The topological polar surface area (TPSA) is 64.8 Å². The van der Waals surface area contributed by atoms with Crippen molar-refractivity contribution in [3.8, 4) is 11.5 Å². The molecule has 2 aromatic carbocycles. The van der Waals surface area contributed by atoms with Crippen LogP contribution in [0.3, 0.4) is 0 Å². The van der Waals surface area contributed by atoms with Gasteiger partial charge in [-0.3, -0.25) is 9.69 Å². The first kappa shape index (κ1) is 21.1. The lowest BCUT2D eigenvalue weighted by molar-refractivity contribution is 0.101. The van der Waals surface area contributed by atoms with Crippen molar-refractivity contribution in [1.82, 2.24) is 10.1 Å². The largest absolute Gasteiger partial charge is 0.493 e. The highest BCUT2D eigenvalue weighted by Crippen LogP contribution is 2.30. The molecule has 2 heterocycles. The fourth-order valence-electron chi connectivity index (χ4n) is 3.75. The Balaban J connectivity index is 1.29. The van der Waals surface area contributed by atoms with Gasteiger partial charge in [0.2, 0.25) is 0 Å². The van der Waals surface area contributed by atoms with E-state index in [0.717, 1.165) is 49.1 Å². The Morgan fingerprint density at radius 3 is 2.84 bits per heavy atom. The van der Waals surface area contributed by atoms with E-state index in [-0.39, 0.29) is 11.6 Å². The molecular weight excluding hydrogens is 399 g/mol. The van der Waals surface area contributed by atoms with Crippen molar-refractivity contribution in [3.05, 3.63) is 59.5 Å². The van der Waals surface area contributed by atoms with E-state index in [0.29, 0.717) is 29.3 Å². The number of halogens is 1. The van der Waals surface area contributed by atoms with Crippen LogP contribution in [-0.4, -0.2) is 49.2 Å². The van der Waals surface area contributed by atoms with E-state index in [2.05, 4.69) is 16.1 Å². The third kappa shape index (κ3) is 4.77. The first-order valence-electron chi connectivity index (χ1n) is 10.3. The highest BCUT2D eigenvalue weighted by molar-refractivity contribution is 5.94. The predicted octanol–water partition coefficient (Wildman–Crippen LogP) is 4.74. The lowest BCUT2D eigenvalue weighted by atomic mass is 10.0. The number of benzene rings is 2. The van der Waals surface area contributed by atoms with Crippen molar-refractivity contribution in [1.29, 1.82) is 0 Å². The van der Waals surface area contributed by atoms with Crippen LogP contribution in [0.1, 0.15) is 35.8 Å². The Bertz CT molecular complexity index is 1120. The van der Waals surface area contributed by atoms with Gasteiger partial charge in [-0.2, -0.15) is 0 Å². The molecule has 0 fully saturated rings. The van der Waals surface area contributed by atoms with Crippen LogP contribution in [0, 0.1) is 5.82 Å². The average Bonchev–Trinajstić information content (AvgIpc) is 3.20. The number of Topliss-reactive ketones (excluding diaryl/α,β-unsaturated/α-hetero) is 1. The van der Waals surface area contributed by atoms with Gasteiger partial charge in [0.25, 0.3) is 0 Å². The molecule has 1 aromatic heterocycles. The molecule has 0 radical (unpaired) electrons. The van der Waals surface area contributed by atoms with Gasteiger partial charge in [-0.15, -0.1) is 0 Å². The molecule has 0 saturated heterocycles. The molecule has 0 amide bonds. The van der Waals surface area contributed by atoms with E-state index in [1.807, 2.05) is 0 Å². The molecule has 4 rings (SSSR count). The van der Waals surface area contributed by atoms with Crippen LogP contribution in [0.15, 0.2) is 47.0 Å². The lowest BCUT2D eigenvalue weighted by Crippen LogP contribution is -2.30. The quantitative estimate of drug-likeness (QED) is 0.385. The van der Waals surface area contributed by atoms with Crippen LogP contribution >= 0.6 is 0 Å². The number of carbonyl (C=O) groups is 1. The summed E-state index contributed by atoms with van der Waals surface area (Å²) in [6.45, 7) is 4.73. The number of carbonyl (C=O) groups excluding carboxylic acids is 1. The van der Waals surface area contributed by atoms with Crippen molar-refractivity contribution in [2.75, 3.05) is 33.4 Å². The summed E-state index contributed by atoms with van der Waals surface area (Å²) in [7, 11) is 1.57. The molecule has 31 heavy (non-hydrogen) atoms. The molecule has 0 N–H and O–H groups in total. The van der Waals surface area contributed by atoms with Crippen molar-refractivity contribution in [3.63, 3.8) is 0 Å². The second-order valence-electron chi connectivity index (χ2n) is 7.58. The summed E-state index contributed by atoms with van der Waals surface area (Å²) in [5, 5.41) is 4.99. The van der Waals surface area contributed by atoms with Gasteiger partial charge in [-0.1, -0.05) is 11.2 Å². The minimum atomic E-state index is -0.325. The maximum atomic E-state index is 13.3. The van der Waals surface area contributed by atoms with E-state index in [1.165, 1.54) is 19.1 Å². The number of nitrogens with zero attached hydrogens (tertiary/aromatic N) is 2. The number of ether oxygens (including phenoxy) is 2. The molecule has 0 bridgehead atoms. The Morgan fingerprint density at radius 1 is 1.23 bits per heavy atom.